The molecule has 2 aromatic rings. The highest BCUT2D eigenvalue weighted by Gasteiger charge is 2.12. The molecule has 15 heavy (non-hydrogen) atoms. The number of rotatable bonds is 4. The highest BCUT2D eigenvalue weighted by atomic mass is 32.1. The van der Waals surface area contributed by atoms with Gasteiger partial charge in [-0.2, -0.15) is 0 Å². The second-order valence-corrected chi connectivity index (χ2v) is 4.31. The molecule has 0 aliphatic rings. The first-order valence-electron chi connectivity index (χ1n) is 4.67. The average Bonchev–Trinajstić information content (AvgIpc) is 2.87. The van der Waals surface area contributed by atoms with Gasteiger partial charge in [0.2, 0.25) is 5.78 Å². The van der Waals surface area contributed by atoms with Crippen molar-refractivity contribution < 1.29 is 9.21 Å². The maximum Gasteiger partial charge on any atom is 0.206 e. The normalized spacial score (nSPS) is 10.5. The minimum absolute atomic E-state index is 0.0111. The Morgan fingerprint density at radius 3 is 2.93 bits per heavy atom. The van der Waals surface area contributed by atoms with Crippen molar-refractivity contribution in [2.75, 3.05) is 6.54 Å². The Balaban J connectivity index is 2.19. The topological polar surface area (TPSA) is 56.2 Å². The highest BCUT2D eigenvalue weighted by Crippen LogP contribution is 2.20. The first-order valence-corrected chi connectivity index (χ1v) is 5.48. The van der Waals surface area contributed by atoms with Crippen LogP contribution in [0.15, 0.2) is 35.1 Å². The first kappa shape index (κ1) is 10.1. The monoisotopic (exact) mass is 221 g/mol. The lowest BCUT2D eigenvalue weighted by molar-refractivity contribution is 0.104. The van der Waals surface area contributed by atoms with Crippen molar-refractivity contribution in [3.05, 3.63) is 46.0 Å². The second kappa shape index (κ2) is 4.42. The summed E-state index contributed by atoms with van der Waals surface area (Å²) in [7, 11) is 0. The van der Waals surface area contributed by atoms with Gasteiger partial charge in [-0.25, -0.2) is 0 Å². The van der Waals surface area contributed by atoms with E-state index in [0.717, 1.165) is 16.2 Å². The maximum atomic E-state index is 11.8. The number of thiophene rings is 1. The van der Waals surface area contributed by atoms with E-state index in [1.54, 1.807) is 6.07 Å². The van der Waals surface area contributed by atoms with Gasteiger partial charge in [-0.15, -0.1) is 11.3 Å². The van der Waals surface area contributed by atoms with Crippen LogP contribution in [0.1, 0.15) is 20.1 Å². The summed E-state index contributed by atoms with van der Waals surface area (Å²) in [4.78, 5) is 13.7. The van der Waals surface area contributed by atoms with Crippen LogP contribution < -0.4 is 5.73 Å². The molecule has 0 amide bonds. The fraction of sp³-hybridized carbons (Fsp3) is 0.182. The average molecular weight is 221 g/mol. The van der Waals surface area contributed by atoms with Crippen LogP contribution in [0.25, 0.3) is 0 Å². The molecule has 2 N–H and O–H groups in total. The molecule has 3 nitrogen and oxygen atoms in total. The Bertz CT molecular complexity index is 445. The van der Waals surface area contributed by atoms with Crippen LogP contribution in [0.4, 0.5) is 0 Å². The van der Waals surface area contributed by atoms with E-state index in [1.165, 1.54) is 23.9 Å². The van der Waals surface area contributed by atoms with Gasteiger partial charge in [0.1, 0.15) is 6.26 Å². The molecule has 0 atom stereocenters. The molecule has 0 unspecified atom stereocenters. The van der Waals surface area contributed by atoms with E-state index in [9.17, 15) is 4.79 Å². The molecule has 0 bridgehead atoms. The molecule has 0 radical (unpaired) electrons. The fourth-order valence-electron chi connectivity index (χ4n) is 1.31. The quantitative estimate of drug-likeness (QED) is 0.804. The molecule has 0 saturated heterocycles. The minimum atomic E-state index is 0.0111. The van der Waals surface area contributed by atoms with Gasteiger partial charge in [0.05, 0.1) is 16.7 Å². The zero-order valence-electron chi connectivity index (χ0n) is 8.10. The third kappa shape index (κ3) is 2.16. The molecule has 2 rings (SSSR count). The van der Waals surface area contributed by atoms with Gasteiger partial charge in [-0.05, 0) is 31.2 Å². The van der Waals surface area contributed by atoms with Crippen LogP contribution >= 0.6 is 11.3 Å². The predicted molar refractivity (Wildman–Crippen MR) is 59.2 cm³/mol. The summed E-state index contributed by atoms with van der Waals surface area (Å²) in [6.07, 6.45) is 3.79. The summed E-state index contributed by atoms with van der Waals surface area (Å²) in [5.74, 6) is 0.0111. The summed E-state index contributed by atoms with van der Waals surface area (Å²) in [6.45, 7) is 0.611. The van der Waals surface area contributed by atoms with E-state index >= 15 is 0 Å². The minimum Gasteiger partial charge on any atom is -0.472 e. The zero-order chi connectivity index (χ0) is 10.7. The van der Waals surface area contributed by atoms with Crippen LogP contribution in [-0.4, -0.2) is 12.3 Å². The number of carbonyl (C=O) groups excluding carboxylic acids is 1. The molecule has 4 heteroatoms. The SMILES string of the molecule is NCCc1ccc(C(=O)c2ccoc2)s1. The van der Waals surface area contributed by atoms with Crippen LogP contribution in [0, 0.1) is 0 Å². The molecule has 78 valence electrons. The number of furan rings is 1. The summed E-state index contributed by atoms with van der Waals surface area (Å²) >= 11 is 1.49. The van der Waals surface area contributed by atoms with Gasteiger partial charge < -0.3 is 10.2 Å². The summed E-state index contributed by atoms with van der Waals surface area (Å²) in [6, 6.07) is 5.46. The van der Waals surface area contributed by atoms with Crippen LogP contribution in [0.2, 0.25) is 0 Å². The van der Waals surface area contributed by atoms with Crippen molar-refractivity contribution in [1.29, 1.82) is 0 Å². The fourth-order valence-corrected chi connectivity index (χ4v) is 2.30. The van der Waals surface area contributed by atoms with Gasteiger partial charge in [0.15, 0.2) is 0 Å². The van der Waals surface area contributed by atoms with E-state index in [4.69, 9.17) is 10.2 Å². The molecule has 0 saturated carbocycles. The highest BCUT2D eigenvalue weighted by molar-refractivity contribution is 7.14. The van der Waals surface area contributed by atoms with Gasteiger partial charge in [-0.3, -0.25) is 4.79 Å². The van der Waals surface area contributed by atoms with Gasteiger partial charge in [0, 0.05) is 4.88 Å². The molecule has 0 aromatic carbocycles. The Morgan fingerprint density at radius 1 is 1.40 bits per heavy atom. The van der Waals surface area contributed by atoms with Gasteiger partial charge in [0.25, 0.3) is 0 Å². The van der Waals surface area contributed by atoms with Crippen molar-refractivity contribution in [1.82, 2.24) is 0 Å². The molecular formula is C11H11NO2S. The van der Waals surface area contributed by atoms with Crippen LogP contribution in [-0.2, 0) is 6.42 Å². The summed E-state index contributed by atoms with van der Waals surface area (Å²) < 4.78 is 4.88. The standard InChI is InChI=1S/C11H11NO2S/c12-5-3-9-1-2-10(15-9)11(13)8-4-6-14-7-8/h1-2,4,6-7H,3,5,12H2. The third-order valence-electron chi connectivity index (χ3n) is 2.06. The van der Waals surface area contributed by atoms with Crippen molar-refractivity contribution in [3.63, 3.8) is 0 Å². The lowest BCUT2D eigenvalue weighted by Crippen LogP contribution is -2.00. The summed E-state index contributed by atoms with van der Waals surface area (Å²) in [5.41, 5.74) is 6.04. The van der Waals surface area contributed by atoms with Crippen molar-refractivity contribution in [3.8, 4) is 0 Å². The lowest BCUT2D eigenvalue weighted by Gasteiger charge is -1.91. The number of nitrogens with two attached hydrogens (primary N) is 1. The van der Waals surface area contributed by atoms with E-state index < -0.39 is 0 Å². The van der Waals surface area contributed by atoms with Crippen LogP contribution in [0.5, 0.6) is 0 Å². The van der Waals surface area contributed by atoms with E-state index in [2.05, 4.69) is 0 Å². The summed E-state index contributed by atoms with van der Waals surface area (Å²) in [5, 5.41) is 0. The predicted octanol–water partition coefficient (Wildman–Crippen LogP) is 2.07. The third-order valence-corrected chi connectivity index (χ3v) is 3.20. The Kier molecular flexibility index (Phi) is 2.99. The van der Waals surface area contributed by atoms with Crippen molar-refractivity contribution >= 4 is 17.1 Å². The number of ketones is 1. The number of carbonyl (C=O) groups is 1. The van der Waals surface area contributed by atoms with E-state index in [0.29, 0.717) is 12.1 Å². The molecular weight excluding hydrogens is 210 g/mol. The largest absolute Gasteiger partial charge is 0.472 e. The smallest absolute Gasteiger partial charge is 0.206 e. The van der Waals surface area contributed by atoms with Crippen LogP contribution in [0.3, 0.4) is 0 Å². The molecule has 2 heterocycles. The Labute approximate surface area is 91.5 Å². The van der Waals surface area contributed by atoms with E-state index in [1.807, 2.05) is 12.1 Å². The van der Waals surface area contributed by atoms with Crippen molar-refractivity contribution in [2.45, 2.75) is 6.42 Å². The lowest BCUT2D eigenvalue weighted by atomic mass is 10.2. The molecule has 0 aliphatic heterocycles. The number of hydrogen-bond donors (Lipinski definition) is 1. The molecule has 0 spiro atoms. The molecule has 2 aromatic heterocycles. The van der Waals surface area contributed by atoms with Gasteiger partial charge in [-0.1, -0.05) is 0 Å². The first-order chi connectivity index (χ1) is 7.31. The van der Waals surface area contributed by atoms with Gasteiger partial charge >= 0.3 is 0 Å². The zero-order valence-corrected chi connectivity index (χ0v) is 8.92. The molecule has 0 aliphatic carbocycles. The Hall–Kier alpha value is -1.39. The van der Waals surface area contributed by atoms with Crippen molar-refractivity contribution in [2.24, 2.45) is 5.73 Å². The van der Waals surface area contributed by atoms with E-state index in [-0.39, 0.29) is 5.78 Å². The second-order valence-electron chi connectivity index (χ2n) is 3.15. The molecule has 0 fully saturated rings. The maximum absolute atomic E-state index is 11.8. The number of hydrogen-bond acceptors (Lipinski definition) is 4. The Morgan fingerprint density at radius 2 is 2.27 bits per heavy atom.